The maximum atomic E-state index is 6.31. The number of rotatable bonds is 6. The third-order valence-electron chi connectivity index (χ3n) is 4.91. The minimum absolute atomic E-state index is 0.462. The number of hydrogen-bond donors (Lipinski definition) is 2. The van der Waals surface area contributed by atoms with Crippen LogP contribution in [0.5, 0.6) is 0 Å². The molecule has 0 aromatic carbocycles. The Hall–Kier alpha value is -1.23. The highest BCUT2D eigenvalue weighted by molar-refractivity contribution is 5.01. The minimum atomic E-state index is 0.462. The van der Waals surface area contributed by atoms with Gasteiger partial charge in [-0.3, -0.25) is 0 Å². The first kappa shape index (κ1) is 12.8. The lowest BCUT2D eigenvalue weighted by molar-refractivity contribution is 0.291. The second-order valence-corrected chi connectivity index (χ2v) is 6.02. The van der Waals surface area contributed by atoms with Crippen molar-refractivity contribution < 1.29 is 0 Å². The molecule has 0 radical (unpaired) electrons. The van der Waals surface area contributed by atoms with Gasteiger partial charge in [0, 0.05) is 12.5 Å². The summed E-state index contributed by atoms with van der Waals surface area (Å²) < 4.78 is 0. The molecule has 0 saturated heterocycles. The molecule has 1 heterocycles. The third kappa shape index (κ3) is 2.86. The number of tetrazole rings is 1. The van der Waals surface area contributed by atoms with Crippen molar-refractivity contribution in [1.29, 1.82) is 0 Å². The lowest BCUT2D eigenvalue weighted by atomic mass is 9.83. The van der Waals surface area contributed by atoms with Gasteiger partial charge in [0.2, 0.25) is 0 Å². The Bertz CT molecular complexity index is 411. The topological polar surface area (TPSA) is 80.5 Å². The van der Waals surface area contributed by atoms with Gasteiger partial charge in [0.25, 0.3) is 0 Å². The average molecular weight is 261 g/mol. The molecule has 2 bridgehead atoms. The first-order valence-corrected chi connectivity index (χ1v) is 7.48. The maximum Gasteiger partial charge on any atom is 0.148 e. The molecule has 1 aromatic rings. The zero-order valence-electron chi connectivity index (χ0n) is 11.3. The number of unbranched alkanes of at least 4 members (excludes halogenated alkanes) is 1. The SMILES string of the molecule is NC1C2CCC(C2)C1C/C=C/CCCc1nnn[nH]1. The largest absolute Gasteiger partial charge is 0.327 e. The molecule has 4 unspecified atom stereocenters. The lowest BCUT2D eigenvalue weighted by Crippen LogP contribution is -2.35. The number of fused-ring (bicyclic) bond motifs is 2. The van der Waals surface area contributed by atoms with Crippen LogP contribution in [0.1, 0.15) is 44.3 Å². The van der Waals surface area contributed by atoms with Gasteiger partial charge in [0.05, 0.1) is 0 Å². The Morgan fingerprint density at radius 2 is 2.16 bits per heavy atom. The van der Waals surface area contributed by atoms with E-state index in [2.05, 4.69) is 32.8 Å². The van der Waals surface area contributed by atoms with Gasteiger partial charge in [-0.25, -0.2) is 5.10 Å². The van der Waals surface area contributed by atoms with Crippen molar-refractivity contribution in [2.24, 2.45) is 23.5 Å². The van der Waals surface area contributed by atoms with Gasteiger partial charge in [-0.2, -0.15) is 0 Å². The van der Waals surface area contributed by atoms with E-state index in [-0.39, 0.29) is 0 Å². The fraction of sp³-hybridized carbons (Fsp3) is 0.786. The predicted molar refractivity (Wildman–Crippen MR) is 73.2 cm³/mol. The van der Waals surface area contributed by atoms with Gasteiger partial charge in [-0.15, -0.1) is 5.10 Å². The lowest BCUT2D eigenvalue weighted by Gasteiger charge is -2.27. The van der Waals surface area contributed by atoms with Gasteiger partial charge in [0.1, 0.15) is 5.82 Å². The number of H-pyrrole nitrogens is 1. The van der Waals surface area contributed by atoms with Crippen LogP contribution < -0.4 is 5.73 Å². The molecule has 104 valence electrons. The van der Waals surface area contributed by atoms with Crippen LogP contribution in [0.3, 0.4) is 0 Å². The van der Waals surface area contributed by atoms with Crippen molar-refractivity contribution >= 4 is 0 Å². The van der Waals surface area contributed by atoms with E-state index in [1.165, 1.54) is 25.7 Å². The normalized spacial score (nSPS) is 33.5. The zero-order valence-corrected chi connectivity index (χ0v) is 11.3. The molecule has 4 atom stereocenters. The van der Waals surface area contributed by atoms with Gasteiger partial charge >= 0.3 is 0 Å². The van der Waals surface area contributed by atoms with E-state index < -0.39 is 0 Å². The second kappa shape index (κ2) is 5.82. The van der Waals surface area contributed by atoms with Crippen LogP contribution in [0, 0.1) is 17.8 Å². The van der Waals surface area contributed by atoms with E-state index in [1.807, 2.05) is 0 Å². The molecular weight excluding hydrogens is 238 g/mol. The number of aromatic nitrogens is 4. The van der Waals surface area contributed by atoms with Crippen LogP contribution in [0.15, 0.2) is 12.2 Å². The maximum absolute atomic E-state index is 6.31. The molecule has 2 aliphatic rings. The number of nitrogens with one attached hydrogen (secondary N) is 1. The molecule has 19 heavy (non-hydrogen) atoms. The quantitative estimate of drug-likeness (QED) is 0.605. The Labute approximate surface area is 114 Å². The molecule has 0 amide bonds. The van der Waals surface area contributed by atoms with E-state index in [1.54, 1.807) is 0 Å². The molecule has 3 rings (SSSR count). The van der Waals surface area contributed by atoms with Crippen molar-refractivity contribution in [1.82, 2.24) is 20.6 Å². The fourth-order valence-corrected chi connectivity index (χ4v) is 3.85. The standard InChI is InChI=1S/C14H23N5/c15-14-11-8-7-10(9-11)12(14)5-3-1-2-4-6-13-16-18-19-17-13/h1,3,10-12,14H,2,4-9,15H2,(H,16,17,18,19)/b3-1+. The van der Waals surface area contributed by atoms with Crippen molar-refractivity contribution in [3.8, 4) is 0 Å². The zero-order chi connectivity index (χ0) is 13.1. The molecule has 0 aliphatic heterocycles. The summed E-state index contributed by atoms with van der Waals surface area (Å²) in [6, 6.07) is 0.462. The van der Waals surface area contributed by atoms with Crippen LogP contribution in [0.2, 0.25) is 0 Å². The van der Waals surface area contributed by atoms with Crippen molar-refractivity contribution in [2.45, 2.75) is 51.0 Å². The molecule has 3 N–H and O–H groups in total. The smallest absolute Gasteiger partial charge is 0.148 e. The van der Waals surface area contributed by atoms with Crippen LogP contribution in [-0.2, 0) is 6.42 Å². The summed E-state index contributed by atoms with van der Waals surface area (Å²) in [5.74, 6) is 3.35. The monoisotopic (exact) mass is 261 g/mol. The van der Waals surface area contributed by atoms with Crippen LogP contribution in [0.25, 0.3) is 0 Å². The highest BCUT2D eigenvalue weighted by atomic mass is 15.5. The van der Waals surface area contributed by atoms with Crippen molar-refractivity contribution in [3.63, 3.8) is 0 Å². The van der Waals surface area contributed by atoms with Gasteiger partial charge in [-0.1, -0.05) is 12.2 Å². The molecule has 2 aliphatic carbocycles. The number of allylic oxidation sites excluding steroid dienone is 2. The summed E-state index contributed by atoms with van der Waals surface area (Å²) in [4.78, 5) is 0. The summed E-state index contributed by atoms with van der Waals surface area (Å²) in [5, 5.41) is 13.8. The number of hydrogen-bond acceptors (Lipinski definition) is 4. The van der Waals surface area contributed by atoms with Gasteiger partial charge in [0.15, 0.2) is 0 Å². The highest BCUT2D eigenvalue weighted by Gasteiger charge is 2.44. The Balaban J connectivity index is 1.35. The number of aryl methyl sites for hydroxylation is 1. The van der Waals surface area contributed by atoms with Crippen LogP contribution >= 0.6 is 0 Å². The molecule has 5 heteroatoms. The summed E-state index contributed by atoms with van der Waals surface area (Å²) in [6.45, 7) is 0. The van der Waals surface area contributed by atoms with Crippen LogP contribution in [-0.4, -0.2) is 26.7 Å². The molecule has 0 spiro atoms. The fourth-order valence-electron chi connectivity index (χ4n) is 3.85. The van der Waals surface area contributed by atoms with E-state index in [0.717, 1.165) is 42.8 Å². The summed E-state index contributed by atoms with van der Waals surface area (Å²) >= 11 is 0. The first-order chi connectivity index (χ1) is 9.34. The summed E-state index contributed by atoms with van der Waals surface area (Å²) in [6.07, 6.45) is 13.1. The highest BCUT2D eigenvalue weighted by Crippen LogP contribution is 2.48. The minimum Gasteiger partial charge on any atom is -0.327 e. The summed E-state index contributed by atoms with van der Waals surface area (Å²) in [7, 11) is 0. The van der Waals surface area contributed by atoms with E-state index in [4.69, 9.17) is 5.73 Å². The number of aromatic amines is 1. The van der Waals surface area contributed by atoms with Crippen molar-refractivity contribution in [2.75, 3.05) is 0 Å². The predicted octanol–water partition coefficient (Wildman–Crippen LogP) is 1.84. The average Bonchev–Trinajstić information content (AvgIpc) is 3.12. The second-order valence-electron chi connectivity index (χ2n) is 6.02. The molecule has 5 nitrogen and oxygen atoms in total. The summed E-state index contributed by atoms with van der Waals surface area (Å²) in [5.41, 5.74) is 6.31. The molecule has 2 saturated carbocycles. The van der Waals surface area contributed by atoms with E-state index in [9.17, 15) is 0 Å². The van der Waals surface area contributed by atoms with E-state index in [0.29, 0.717) is 6.04 Å². The first-order valence-electron chi connectivity index (χ1n) is 7.48. The van der Waals surface area contributed by atoms with Gasteiger partial charge in [-0.05, 0) is 66.7 Å². The van der Waals surface area contributed by atoms with E-state index >= 15 is 0 Å². The Morgan fingerprint density at radius 1 is 1.26 bits per heavy atom. The molecule has 2 fully saturated rings. The van der Waals surface area contributed by atoms with Crippen LogP contribution in [0.4, 0.5) is 0 Å². The number of nitrogens with zero attached hydrogens (tertiary/aromatic N) is 3. The Morgan fingerprint density at radius 3 is 2.89 bits per heavy atom. The third-order valence-corrected chi connectivity index (χ3v) is 4.91. The number of nitrogens with two attached hydrogens (primary N) is 1. The molecule has 1 aromatic heterocycles. The molecular formula is C14H23N5. The van der Waals surface area contributed by atoms with Gasteiger partial charge < -0.3 is 5.73 Å². The Kier molecular flexibility index (Phi) is 3.92. The van der Waals surface area contributed by atoms with Crippen molar-refractivity contribution in [3.05, 3.63) is 18.0 Å².